The van der Waals surface area contributed by atoms with E-state index in [-0.39, 0.29) is 17.0 Å². The van der Waals surface area contributed by atoms with Crippen molar-refractivity contribution in [1.82, 2.24) is 14.3 Å². The first-order chi connectivity index (χ1) is 13.0. The molecule has 0 saturated heterocycles. The monoisotopic (exact) mass is 382 g/mol. The number of nitrogens with one attached hydrogen (secondary N) is 2. The fraction of sp³-hybridized carbons (Fsp3) is 0.0526. The maximum atomic E-state index is 12.5. The molecule has 2 N–H and O–H groups in total. The van der Waals surface area contributed by atoms with Crippen LogP contribution in [0.1, 0.15) is 10.4 Å². The van der Waals surface area contributed by atoms with E-state index in [1.54, 1.807) is 30.7 Å². The smallest absolute Gasteiger partial charge is 0.255 e. The molecule has 7 nitrogen and oxygen atoms in total. The lowest BCUT2D eigenvalue weighted by atomic mass is 10.2. The van der Waals surface area contributed by atoms with Gasteiger partial charge in [0.05, 0.1) is 11.2 Å². The third-order valence-electron chi connectivity index (χ3n) is 3.75. The predicted molar refractivity (Wildman–Crippen MR) is 103 cm³/mol. The minimum atomic E-state index is -3.69. The maximum absolute atomic E-state index is 12.5. The van der Waals surface area contributed by atoms with Crippen molar-refractivity contribution >= 4 is 21.6 Å². The van der Waals surface area contributed by atoms with Crippen molar-refractivity contribution in [3.8, 4) is 5.69 Å². The third kappa shape index (κ3) is 4.49. The first kappa shape index (κ1) is 18.6. The SMILES string of the molecule is C=CCNS(=O)(=O)c1cccc(C(=O)Nc2ccc(-n3ccnc3)cc2)c1. The van der Waals surface area contributed by atoms with Gasteiger partial charge in [0.15, 0.2) is 0 Å². The molecular formula is C19H18N4O3S. The minimum Gasteiger partial charge on any atom is -0.322 e. The van der Waals surface area contributed by atoms with Gasteiger partial charge in [-0.25, -0.2) is 18.1 Å². The average Bonchev–Trinajstić information content (AvgIpc) is 3.22. The summed E-state index contributed by atoms with van der Waals surface area (Å²) >= 11 is 0. The van der Waals surface area contributed by atoms with Crippen molar-refractivity contribution in [3.05, 3.63) is 85.5 Å². The lowest BCUT2D eigenvalue weighted by Gasteiger charge is -2.09. The Morgan fingerprint density at radius 2 is 1.96 bits per heavy atom. The summed E-state index contributed by atoms with van der Waals surface area (Å²) < 4.78 is 28.6. The first-order valence-electron chi connectivity index (χ1n) is 8.10. The molecule has 1 heterocycles. The number of nitrogens with zero attached hydrogens (tertiary/aromatic N) is 2. The number of rotatable bonds is 7. The number of hydrogen-bond acceptors (Lipinski definition) is 4. The van der Waals surface area contributed by atoms with Crippen LogP contribution in [0.15, 0.2) is 84.8 Å². The zero-order chi connectivity index (χ0) is 19.3. The topological polar surface area (TPSA) is 93.1 Å². The molecule has 0 atom stereocenters. The van der Waals surface area contributed by atoms with Crippen molar-refractivity contribution in [3.63, 3.8) is 0 Å². The van der Waals surface area contributed by atoms with Gasteiger partial charge < -0.3 is 9.88 Å². The second-order valence-electron chi connectivity index (χ2n) is 5.64. The Labute approximate surface area is 157 Å². The van der Waals surface area contributed by atoms with Crippen LogP contribution < -0.4 is 10.0 Å². The molecule has 0 aliphatic heterocycles. The Morgan fingerprint density at radius 3 is 2.63 bits per heavy atom. The van der Waals surface area contributed by atoms with Crippen LogP contribution in [-0.4, -0.2) is 30.4 Å². The number of anilines is 1. The fourth-order valence-corrected chi connectivity index (χ4v) is 3.43. The summed E-state index contributed by atoms with van der Waals surface area (Å²) in [5.41, 5.74) is 1.75. The molecule has 3 rings (SSSR count). The molecule has 0 saturated carbocycles. The number of sulfonamides is 1. The summed E-state index contributed by atoms with van der Waals surface area (Å²) in [5.74, 6) is -0.397. The van der Waals surface area contributed by atoms with Crippen molar-refractivity contribution < 1.29 is 13.2 Å². The summed E-state index contributed by atoms with van der Waals surface area (Å²) in [5, 5.41) is 2.76. The summed E-state index contributed by atoms with van der Waals surface area (Å²) in [4.78, 5) is 16.5. The Hall–Kier alpha value is -3.23. The number of carbonyl (C=O) groups excluding carboxylic acids is 1. The number of imidazole rings is 1. The lowest BCUT2D eigenvalue weighted by Crippen LogP contribution is -2.24. The van der Waals surface area contributed by atoms with Gasteiger partial charge in [-0.15, -0.1) is 6.58 Å². The van der Waals surface area contributed by atoms with E-state index in [1.165, 1.54) is 24.3 Å². The van der Waals surface area contributed by atoms with Gasteiger partial charge >= 0.3 is 0 Å². The zero-order valence-electron chi connectivity index (χ0n) is 14.4. The Morgan fingerprint density at radius 1 is 1.19 bits per heavy atom. The van der Waals surface area contributed by atoms with Gasteiger partial charge in [-0.1, -0.05) is 12.1 Å². The Bertz CT molecular complexity index is 1040. The largest absolute Gasteiger partial charge is 0.322 e. The molecule has 0 unspecified atom stereocenters. The molecule has 138 valence electrons. The second kappa shape index (κ2) is 7.98. The van der Waals surface area contributed by atoms with Crippen LogP contribution in [0.25, 0.3) is 5.69 Å². The van der Waals surface area contributed by atoms with Gasteiger partial charge in [-0.2, -0.15) is 0 Å². The fourth-order valence-electron chi connectivity index (χ4n) is 2.39. The number of hydrogen-bond donors (Lipinski definition) is 2. The Balaban J connectivity index is 1.75. The zero-order valence-corrected chi connectivity index (χ0v) is 15.2. The van der Waals surface area contributed by atoms with E-state index < -0.39 is 15.9 Å². The highest BCUT2D eigenvalue weighted by Gasteiger charge is 2.15. The summed E-state index contributed by atoms with van der Waals surface area (Å²) in [7, 11) is -3.69. The molecular weight excluding hydrogens is 364 g/mol. The molecule has 0 aliphatic carbocycles. The van der Waals surface area contributed by atoms with Crippen molar-refractivity contribution in [1.29, 1.82) is 0 Å². The van der Waals surface area contributed by atoms with E-state index in [2.05, 4.69) is 21.6 Å². The van der Waals surface area contributed by atoms with Crippen LogP contribution in [0.4, 0.5) is 5.69 Å². The van der Waals surface area contributed by atoms with Crippen molar-refractivity contribution in [2.45, 2.75) is 4.90 Å². The van der Waals surface area contributed by atoms with Gasteiger partial charge in [-0.3, -0.25) is 4.79 Å². The van der Waals surface area contributed by atoms with E-state index in [0.717, 1.165) is 5.69 Å². The highest BCUT2D eigenvalue weighted by atomic mass is 32.2. The van der Waals surface area contributed by atoms with Crippen LogP contribution in [0.3, 0.4) is 0 Å². The highest BCUT2D eigenvalue weighted by molar-refractivity contribution is 7.89. The van der Waals surface area contributed by atoms with Gasteiger partial charge in [0.1, 0.15) is 0 Å². The van der Waals surface area contributed by atoms with E-state index in [4.69, 9.17) is 0 Å². The maximum Gasteiger partial charge on any atom is 0.255 e. The van der Waals surface area contributed by atoms with E-state index >= 15 is 0 Å². The van der Waals surface area contributed by atoms with E-state index in [0.29, 0.717) is 5.69 Å². The number of benzene rings is 2. The van der Waals surface area contributed by atoms with E-state index in [9.17, 15) is 13.2 Å². The first-order valence-corrected chi connectivity index (χ1v) is 9.58. The van der Waals surface area contributed by atoms with Crippen molar-refractivity contribution in [2.24, 2.45) is 0 Å². The summed E-state index contributed by atoms with van der Waals surface area (Å²) in [6.45, 7) is 3.59. The molecule has 0 radical (unpaired) electrons. The molecule has 1 amide bonds. The van der Waals surface area contributed by atoms with Crippen LogP contribution in [-0.2, 0) is 10.0 Å². The van der Waals surface area contributed by atoms with Crippen LogP contribution in [0.2, 0.25) is 0 Å². The molecule has 27 heavy (non-hydrogen) atoms. The molecule has 2 aromatic carbocycles. The van der Waals surface area contributed by atoms with E-state index in [1.807, 2.05) is 22.9 Å². The lowest BCUT2D eigenvalue weighted by molar-refractivity contribution is 0.102. The summed E-state index contributed by atoms with van der Waals surface area (Å²) in [6, 6.07) is 13.1. The molecule has 8 heteroatoms. The number of aromatic nitrogens is 2. The van der Waals surface area contributed by atoms with Gasteiger partial charge in [-0.05, 0) is 42.5 Å². The number of amides is 1. The summed E-state index contributed by atoms with van der Waals surface area (Å²) in [6.07, 6.45) is 6.63. The van der Waals surface area contributed by atoms with Crippen molar-refractivity contribution in [2.75, 3.05) is 11.9 Å². The number of carbonyl (C=O) groups is 1. The van der Waals surface area contributed by atoms with Crippen LogP contribution in [0.5, 0.6) is 0 Å². The van der Waals surface area contributed by atoms with Gasteiger partial charge in [0, 0.05) is 35.9 Å². The Kier molecular flexibility index (Phi) is 5.49. The molecule has 0 spiro atoms. The molecule has 0 bridgehead atoms. The molecule has 0 aliphatic rings. The average molecular weight is 382 g/mol. The second-order valence-corrected chi connectivity index (χ2v) is 7.41. The van der Waals surface area contributed by atoms with Gasteiger partial charge in [0.2, 0.25) is 10.0 Å². The quantitative estimate of drug-likeness (QED) is 0.614. The molecule has 3 aromatic rings. The molecule has 1 aromatic heterocycles. The third-order valence-corrected chi connectivity index (χ3v) is 5.17. The van der Waals surface area contributed by atoms with Crippen LogP contribution >= 0.6 is 0 Å². The standard InChI is InChI=1S/C19H18N4O3S/c1-2-10-21-27(25,26)18-5-3-4-15(13-18)19(24)22-16-6-8-17(9-7-16)23-12-11-20-14-23/h2-9,11-14,21H,1,10H2,(H,22,24). The highest BCUT2D eigenvalue weighted by Crippen LogP contribution is 2.16. The van der Waals surface area contributed by atoms with Crippen LogP contribution in [0, 0.1) is 0 Å². The molecule has 0 fully saturated rings. The predicted octanol–water partition coefficient (Wildman–Crippen LogP) is 2.59. The minimum absolute atomic E-state index is 0.0208. The normalized spacial score (nSPS) is 11.1. The van der Waals surface area contributed by atoms with Gasteiger partial charge in [0.25, 0.3) is 5.91 Å².